The lowest BCUT2D eigenvalue weighted by atomic mass is 10.0. The third kappa shape index (κ3) is 2.49. The highest BCUT2D eigenvalue weighted by atomic mass is 16.2. The predicted octanol–water partition coefficient (Wildman–Crippen LogP) is 1.53. The van der Waals surface area contributed by atoms with Gasteiger partial charge in [-0.25, -0.2) is 9.97 Å². The highest BCUT2D eigenvalue weighted by Gasteiger charge is 2.61. The van der Waals surface area contributed by atoms with Gasteiger partial charge in [0.15, 0.2) is 0 Å². The number of aryl methyl sites for hydroxylation is 1. The molecule has 2 atom stereocenters. The fourth-order valence-electron chi connectivity index (χ4n) is 3.48. The van der Waals surface area contributed by atoms with Crippen molar-refractivity contribution in [1.29, 1.82) is 0 Å². The van der Waals surface area contributed by atoms with Gasteiger partial charge in [-0.2, -0.15) is 0 Å². The van der Waals surface area contributed by atoms with Gasteiger partial charge in [-0.1, -0.05) is 0 Å². The van der Waals surface area contributed by atoms with Crippen LogP contribution in [0.1, 0.15) is 31.2 Å². The Kier molecular flexibility index (Phi) is 2.91. The number of nitrogens with one attached hydrogen (secondary N) is 1. The molecular formula is C16H22N4O. The van der Waals surface area contributed by atoms with Crippen LogP contribution in [0.25, 0.3) is 0 Å². The average Bonchev–Trinajstić information content (AvgIpc) is 3.36. The summed E-state index contributed by atoms with van der Waals surface area (Å²) in [7, 11) is 0. The van der Waals surface area contributed by atoms with E-state index < -0.39 is 0 Å². The maximum Gasteiger partial charge on any atom is 0.225 e. The molecule has 1 aliphatic heterocycles. The normalized spacial score (nSPS) is 30.7. The van der Waals surface area contributed by atoms with Crippen molar-refractivity contribution in [2.24, 2.45) is 17.3 Å². The monoisotopic (exact) mass is 286 g/mol. The molecule has 5 nitrogen and oxygen atoms in total. The minimum Gasteiger partial charge on any atom is -0.356 e. The lowest BCUT2D eigenvalue weighted by Crippen LogP contribution is -2.30. The summed E-state index contributed by atoms with van der Waals surface area (Å²) in [6.45, 7) is 4.78. The molecule has 5 heteroatoms. The highest BCUT2D eigenvalue weighted by Crippen LogP contribution is 2.58. The second kappa shape index (κ2) is 4.68. The summed E-state index contributed by atoms with van der Waals surface area (Å²) in [4.78, 5) is 23.3. The first-order valence-corrected chi connectivity index (χ1v) is 7.98. The standard InChI is InChI=1S/C16H22N4O/c1-11-7-18-15(19-8-11)20-5-4-16(10-20)6-13(16)14(21)17-9-12-2-3-12/h7-8,12-13H,2-6,9-10H2,1H3,(H,17,21)/t13-,16-/m0/s1. The second-order valence-corrected chi connectivity index (χ2v) is 7.04. The minimum absolute atomic E-state index is 0.196. The number of aromatic nitrogens is 2. The Bertz CT molecular complexity index is 554. The summed E-state index contributed by atoms with van der Waals surface area (Å²) >= 11 is 0. The molecule has 2 aliphatic carbocycles. The summed E-state index contributed by atoms with van der Waals surface area (Å²) in [6.07, 6.45) is 8.42. The van der Waals surface area contributed by atoms with Crippen LogP contribution in [0, 0.1) is 24.2 Å². The molecule has 2 heterocycles. The average molecular weight is 286 g/mol. The van der Waals surface area contributed by atoms with Gasteiger partial charge in [0.2, 0.25) is 11.9 Å². The zero-order valence-corrected chi connectivity index (χ0v) is 12.5. The van der Waals surface area contributed by atoms with Gasteiger partial charge in [0.05, 0.1) is 0 Å². The van der Waals surface area contributed by atoms with Gasteiger partial charge in [-0.05, 0) is 44.1 Å². The van der Waals surface area contributed by atoms with Gasteiger partial charge in [0.25, 0.3) is 0 Å². The van der Waals surface area contributed by atoms with Crippen LogP contribution < -0.4 is 10.2 Å². The van der Waals surface area contributed by atoms with E-state index in [1.54, 1.807) is 0 Å². The van der Waals surface area contributed by atoms with Crippen LogP contribution in [0.2, 0.25) is 0 Å². The lowest BCUT2D eigenvalue weighted by Gasteiger charge is -2.16. The molecule has 0 unspecified atom stereocenters. The lowest BCUT2D eigenvalue weighted by molar-refractivity contribution is -0.123. The molecule has 1 amide bonds. The van der Waals surface area contributed by atoms with Crippen LogP contribution in [-0.4, -0.2) is 35.5 Å². The Labute approximate surface area is 125 Å². The second-order valence-electron chi connectivity index (χ2n) is 7.04. The molecule has 2 saturated carbocycles. The summed E-state index contributed by atoms with van der Waals surface area (Å²) in [6, 6.07) is 0. The first-order valence-electron chi connectivity index (χ1n) is 7.98. The Morgan fingerprint density at radius 1 is 1.43 bits per heavy atom. The first-order chi connectivity index (χ1) is 10.2. The predicted molar refractivity (Wildman–Crippen MR) is 79.9 cm³/mol. The zero-order chi connectivity index (χ0) is 14.4. The molecule has 1 spiro atoms. The maximum absolute atomic E-state index is 12.2. The largest absolute Gasteiger partial charge is 0.356 e. The maximum atomic E-state index is 12.2. The van der Waals surface area contributed by atoms with E-state index in [2.05, 4.69) is 20.2 Å². The van der Waals surface area contributed by atoms with Gasteiger partial charge in [0.1, 0.15) is 0 Å². The number of rotatable bonds is 4. The molecule has 21 heavy (non-hydrogen) atoms. The Morgan fingerprint density at radius 2 is 2.19 bits per heavy atom. The Balaban J connectivity index is 1.35. The molecule has 1 saturated heterocycles. The molecule has 112 valence electrons. The van der Waals surface area contributed by atoms with Gasteiger partial charge in [-0.3, -0.25) is 4.79 Å². The number of nitrogens with zero attached hydrogens (tertiary/aromatic N) is 3. The Hall–Kier alpha value is -1.65. The molecule has 4 rings (SSSR count). The van der Waals surface area contributed by atoms with E-state index in [-0.39, 0.29) is 17.2 Å². The summed E-state index contributed by atoms with van der Waals surface area (Å²) in [5.74, 6) is 2.05. The minimum atomic E-state index is 0.196. The van der Waals surface area contributed by atoms with E-state index in [9.17, 15) is 4.79 Å². The number of carbonyl (C=O) groups excluding carboxylic acids is 1. The van der Waals surface area contributed by atoms with Crippen molar-refractivity contribution in [2.45, 2.75) is 32.6 Å². The van der Waals surface area contributed by atoms with Crippen molar-refractivity contribution in [3.8, 4) is 0 Å². The van der Waals surface area contributed by atoms with E-state index in [0.29, 0.717) is 0 Å². The van der Waals surface area contributed by atoms with E-state index in [1.165, 1.54) is 12.8 Å². The van der Waals surface area contributed by atoms with Gasteiger partial charge < -0.3 is 10.2 Å². The van der Waals surface area contributed by atoms with Gasteiger partial charge in [-0.15, -0.1) is 0 Å². The van der Waals surface area contributed by atoms with Gasteiger partial charge in [0, 0.05) is 43.4 Å². The summed E-state index contributed by atoms with van der Waals surface area (Å²) in [5.41, 5.74) is 1.28. The highest BCUT2D eigenvalue weighted by molar-refractivity contribution is 5.83. The van der Waals surface area contributed by atoms with E-state index in [4.69, 9.17) is 0 Å². The first kappa shape index (κ1) is 13.0. The Morgan fingerprint density at radius 3 is 2.90 bits per heavy atom. The van der Waals surface area contributed by atoms with Crippen molar-refractivity contribution in [1.82, 2.24) is 15.3 Å². The quantitative estimate of drug-likeness (QED) is 0.912. The fourth-order valence-corrected chi connectivity index (χ4v) is 3.48. The molecule has 1 aromatic rings. The van der Waals surface area contributed by atoms with E-state index >= 15 is 0 Å². The number of anilines is 1. The smallest absolute Gasteiger partial charge is 0.225 e. The van der Waals surface area contributed by atoms with Crippen molar-refractivity contribution >= 4 is 11.9 Å². The zero-order valence-electron chi connectivity index (χ0n) is 12.5. The number of amides is 1. The van der Waals surface area contributed by atoms with Crippen LogP contribution in [0.4, 0.5) is 5.95 Å². The van der Waals surface area contributed by atoms with E-state index in [0.717, 1.165) is 49.9 Å². The molecule has 0 bridgehead atoms. The topological polar surface area (TPSA) is 58.1 Å². The van der Waals surface area contributed by atoms with Crippen LogP contribution in [0.15, 0.2) is 12.4 Å². The van der Waals surface area contributed by atoms with Crippen molar-refractivity contribution in [2.75, 3.05) is 24.5 Å². The number of hydrogen-bond donors (Lipinski definition) is 1. The van der Waals surface area contributed by atoms with Crippen molar-refractivity contribution in [3.05, 3.63) is 18.0 Å². The molecule has 3 fully saturated rings. The summed E-state index contributed by atoms with van der Waals surface area (Å²) < 4.78 is 0. The third-order valence-electron chi connectivity index (χ3n) is 5.20. The number of hydrogen-bond acceptors (Lipinski definition) is 4. The molecule has 1 aromatic heterocycles. The van der Waals surface area contributed by atoms with Crippen LogP contribution in [-0.2, 0) is 4.79 Å². The number of carbonyl (C=O) groups is 1. The van der Waals surface area contributed by atoms with Crippen LogP contribution in [0.3, 0.4) is 0 Å². The SMILES string of the molecule is Cc1cnc(N2CC[C@]3(C[C@H]3C(=O)NCC3CC3)C2)nc1. The summed E-state index contributed by atoms with van der Waals surface area (Å²) in [5, 5.41) is 3.13. The van der Waals surface area contributed by atoms with Crippen molar-refractivity contribution < 1.29 is 4.79 Å². The molecule has 0 radical (unpaired) electrons. The van der Waals surface area contributed by atoms with Crippen molar-refractivity contribution in [3.63, 3.8) is 0 Å². The van der Waals surface area contributed by atoms with Crippen LogP contribution >= 0.6 is 0 Å². The molecule has 1 N–H and O–H groups in total. The molecular weight excluding hydrogens is 264 g/mol. The van der Waals surface area contributed by atoms with Gasteiger partial charge >= 0.3 is 0 Å². The fraction of sp³-hybridized carbons (Fsp3) is 0.688. The van der Waals surface area contributed by atoms with Crippen LogP contribution in [0.5, 0.6) is 0 Å². The molecule has 0 aromatic carbocycles. The van der Waals surface area contributed by atoms with E-state index in [1.807, 2.05) is 19.3 Å². The third-order valence-corrected chi connectivity index (χ3v) is 5.20. The molecule has 3 aliphatic rings.